The zero-order valence-corrected chi connectivity index (χ0v) is 11.0. The molecule has 2 rings (SSSR count). The molecule has 0 unspecified atom stereocenters. The fraction of sp³-hybridized carbons (Fsp3) is 0.533. The van der Waals surface area contributed by atoms with Crippen molar-refractivity contribution >= 4 is 19.6 Å². The smallest absolute Gasteiger partial charge is 0.150 e. The maximum atomic E-state index is 11.1. The first kappa shape index (κ1) is 13.2. The van der Waals surface area contributed by atoms with E-state index in [0.717, 1.165) is 61.7 Å². The van der Waals surface area contributed by atoms with Crippen LogP contribution in [0, 0.1) is 0 Å². The maximum absolute atomic E-state index is 11.1. The molecule has 0 amide bonds. The first-order valence-corrected chi connectivity index (χ1v) is 6.80. The Labute approximate surface area is 110 Å². The highest BCUT2D eigenvalue weighted by Gasteiger charge is 2.19. The van der Waals surface area contributed by atoms with Gasteiger partial charge >= 0.3 is 0 Å². The fourth-order valence-electron chi connectivity index (χ4n) is 2.56. The molecular weight excluding hydrogens is 223 g/mol. The molecule has 2 nitrogen and oxygen atoms in total. The lowest BCUT2D eigenvalue weighted by Crippen LogP contribution is -2.19. The molecule has 2 radical (unpaired) electrons. The van der Waals surface area contributed by atoms with E-state index in [1.165, 1.54) is 5.56 Å². The van der Waals surface area contributed by atoms with Crippen molar-refractivity contribution in [2.24, 2.45) is 0 Å². The molecule has 1 aliphatic rings. The zero-order valence-electron chi connectivity index (χ0n) is 11.0. The molecule has 0 bridgehead atoms. The molecule has 94 valence electrons. The number of carbonyl (C=O) groups is 1. The Morgan fingerprint density at radius 1 is 1.33 bits per heavy atom. The van der Waals surface area contributed by atoms with E-state index in [9.17, 15) is 4.79 Å². The van der Waals surface area contributed by atoms with Crippen molar-refractivity contribution in [1.82, 2.24) is 0 Å². The monoisotopic (exact) mass is 242 g/mol. The van der Waals surface area contributed by atoms with Crippen LogP contribution in [0.3, 0.4) is 0 Å². The number of hydrogen-bond acceptors (Lipinski definition) is 2. The van der Waals surface area contributed by atoms with E-state index >= 15 is 0 Å². The van der Waals surface area contributed by atoms with Crippen molar-refractivity contribution in [3.8, 4) is 5.75 Å². The average Bonchev–Trinajstić information content (AvgIpc) is 2.41. The molecule has 0 aliphatic heterocycles. The van der Waals surface area contributed by atoms with E-state index in [1.807, 2.05) is 0 Å². The predicted molar refractivity (Wildman–Crippen MR) is 74.3 cm³/mol. The quantitative estimate of drug-likeness (QED) is 0.450. The third-order valence-corrected chi connectivity index (χ3v) is 3.53. The van der Waals surface area contributed by atoms with Crippen LogP contribution in [0.1, 0.15) is 54.1 Å². The molecule has 0 saturated carbocycles. The van der Waals surface area contributed by atoms with Gasteiger partial charge in [-0.15, -0.1) is 0 Å². The van der Waals surface area contributed by atoms with Crippen LogP contribution < -0.4 is 10.2 Å². The minimum absolute atomic E-state index is 0.605. The molecular formula is C15H19BO2. The van der Waals surface area contributed by atoms with Crippen molar-refractivity contribution in [2.75, 3.05) is 6.61 Å². The van der Waals surface area contributed by atoms with E-state index in [4.69, 9.17) is 12.6 Å². The molecule has 0 aromatic heterocycles. The van der Waals surface area contributed by atoms with Gasteiger partial charge in [-0.2, -0.15) is 0 Å². The lowest BCUT2D eigenvalue weighted by molar-refractivity contribution is 0.112. The number of carbonyl (C=O) groups excluding carboxylic acids is 1. The molecule has 0 spiro atoms. The Balaban J connectivity index is 2.35. The molecule has 0 heterocycles. The highest BCUT2D eigenvalue weighted by molar-refractivity contribution is 6.34. The van der Waals surface area contributed by atoms with Crippen molar-refractivity contribution in [3.05, 3.63) is 22.8 Å². The predicted octanol–water partition coefficient (Wildman–Crippen LogP) is 2.35. The summed E-state index contributed by atoms with van der Waals surface area (Å²) in [6.45, 7) is 2.84. The molecule has 1 aliphatic carbocycles. The van der Waals surface area contributed by atoms with Gasteiger partial charge in [-0.25, -0.2) is 0 Å². The van der Waals surface area contributed by atoms with Crippen LogP contribution in [0.15, 0.2) is 6.07 Å². The SMILES string of the molecule is [B]c1cc(C=O)c2c(c1OCCCC)CCCC2. The second-order valence-corrected chi connectivity index (χ2v) is 4.87. The van der Waals surface area contributed by atoms with E-state index in [2.05, 4.69) is 6.92 Å². The largest absolute Gasteiger partial charge is 0.494 e. The van der Waals surface area contributed by atoms with Gasteiger partial charge in [0, 0.05) is 5.56 Å². The van der Waals surface area contributed by atoms with Crippen molar-refractivity contribution in [1.29, 1.82) is 0 Å². The Kier molecular flexibility index (Phi) is 4.46. The summed E-state index contributed by atoms with van der Waals surface area (Å²) < 4.78 is 5.83. The van der Waals surface area contributed by atoms with Crippen LogP contribution >= 0.6 is 0 Å². The normalized spacial score (nSPS) is 14.1. The summed E-state index contributed by atoms with van der Waals surface area (Å²) >= 11 is 0. The van der Waals surface area contributed by atoms with Crippen molar-refractivity contribution in [2.45, 2.75) is 45.4 Å². The number of unbranched alkanes of at least 4 members (excludes halogenated alkanes) is 1. The molecule has 0 saturated heterocycles. The van der Waals surface area contributed by atoms with Crippen LogP contribution in [0.5, 0.6) is 5.75 Å². The highest BCUT2D eigenvalue weighted by Crippen LogP contribution is 2.30. The Bertz CT molecular complexity index is 441. The number of aldehydes is 1. The summed E-state index contributed by atoms with van der Waals surface area (Å²) in [6, 6.07) is 1.76. The number of hydrogen-bond donors (Lipinski definition) is 0. The maximum Gasteiger partial charge on any atom is 0.150 e. The summed E-state index contributed by atoms with van der Waals surface area (Å²) in [7, 11) is 6.02. The average molecular weight is 242 g/mol. The minimum atomic E-state index is 0.605. The standard InChI is InChI=1S/C15H19BO2/c1-2-3-8-18-15-13-7-5-4-6-12(13)11(10-17)9-14(15)16/h9-10H,2-8H2,1H3. The summed E-state index contributed by atoms with van der Waals surface area (Å²) in [6.07, 6.45) is 7.29. The Hall–Kier alpha value is -1.25. The zero-order chi connectivity index (χ0) is 13.0. The van der Waals surface area contributed by atoms with Crippen LogP contribution in [0.2, 0.25) is 0 Å². The number of ether oxygens (including phenoxy) is 1. The van der Waals surface area contributed by atoms with Gasteiger partial charge in [-0.05, 0) is 43.2 Å². The fourth-order valence-corrected chi connectivity index (χ4v) is 2.56. The number of rotatable bonds is 5. The topological polar surface area (TPSA) is 26.3 Å². The summed E-state index contributed by atoms with van der Waals surface area (Å²) in [5, 5.41) is 0. The minimum Gasteiger partial charge on any atom is -0.494 e. The van der Waals surface area contributed by atoms with Crippen LogP contribution in [0.25, 0.3) is 0 Å². The van der Waals surface area contributed by atoms with Crippen molar-refractivity contribution < 1.29 is 9.53 Å². The second-order valence-electron chi connectivity index (χ2n) is 4.87. The van der Waals surface area contributed by atoms with Gasteiger partial charge in [0.05, 0.1) is 6.61 Å². The summed E-state index contributed by atoms with van der Waals surface area (Å²) in [4.78, 5) is 11.1. The van der Waals surface area contributed by atoms with Gasteiger partial charge in [0.1, 0.15) is 19.9 Å². The van der Waals surface area contributed by atoms with E-state index < -0.39 is 0 Å². The molecule has 0 N–H and O–H groups in total. The van der Waals surface area contributed by atoms with Crippen LogP contribution in [0.4, 0.5) is 0 Å². The first-order chi connectivity index (χ1) is 8.77. The van der Waals surface area contributed by atoms with E-state index in [1.54, 1.807) is 6.07 Å². The lowest BCUT2D eigenvalue weighted by atomic mass is 9.81. The molecule has 0 atom stereocenters. The first-order valence-electron chi connectivity index (χ1n) is 6.80. The number of benzene rings is 1. The van der Waals surface area contributed by atoms with Gasteiger partial charge in [-0.1, -0.05) is 24.9 Å². The van der Waals surface area contributed by atoms with Gasteiger partial charge in [0.15, 0.2) is 0 Å². The van der Waals surface area contributed by atoms with Crippen molar-refractivity contribution in [3.63, 3.8) is 0 Å². The lowest BCUT2D eigenvalue weighted by Gasteiger charge is -2.23. The summed E-state index contributed by atoms with van der Waals surface area (Å²) in [5.41, 5.74) is 3.66. The van der Waals surface area contributed by atoms with Gasteiger partial charge < -0.3 is 4.74 Å². The second kappa shape index (κ2) is 6.08. The molecule has 1 aromatic rings. The van der Waals surface area contributed by atoms with Crippen LogP contribution in [-0.4, -0.2) is 20.7 Å². The van der Waals surface area contributed by atoms with E-state index in [0.29, 0.717) is 12.1 Å². The molecule has 1 aromatic carbocycles. The van der Waals surface area contributed by atoms with Gasteiger partial charge in [0.25, 0.3) is 0 Å². The molecule has 3 heteroatoms. The highest BCUT2D eigenvalue weighted by atomic mass is 16.5. The Morgan fingerprint density at radius 2 is 2.06 bits per heavy atom. The van der Waals surface area contributed by atoms with Crippen LogP contribution in [-0.2, 0) is 12.8 Å². The third-order valence-electron chi connectivity index (χ3n) is 3.53. The van der Waals surface area contributed by atoms with E-state index in [-0.39, 0.29) is 0 Å². The Morgan fingerprint density at radius 3 is 2.72 bits per heavy atom. The molecule has 0 fully saturated rings. The third kappa shape index (κ3) is 2.60. The summed E-state index contributed by atoms with van der Waals surface area (Å²) in [5.74, 6) is 0.823. The van der Waals surface area contributed by atoms with Gasteiger partial charge in [-0.3, -0.25) is 4.79 Å². The number of fused-ring (bicyclic) bond motifs is 1. The molecule has 18 heavy (non-hydrogen) atoms. The van der Waals surface area contributed by atoms with Gasteiger partial charge in [0.2, 0.25) is 0 Å².